The number of anilines is 1. The van der Waals surface area contributed by atoms with Crippen molar-refractivity contribution in [2.24, 2.45) is 0 Å². The number of carbonyl (C=O) groups excluding carboxylic acids is 2. The molecule has 0 spiro atoms. The van der Waals surface area contributed by atoms with Crippen molar-refractivity contribution < 1.29 is 41.0 Å². The van der Waals surface area contributed by atoms with Gasteiger partial charge in [-0.05, 0) is 30.3 Å². The molecule has 0 aliphatic carbocycles. The van der Waals surface area contributed by atoms with E-state index in [1.54, 1.807) is 5.32 Å². The van der Waals surface area contributed by atoms with Gasteiger partial charge in [-0.25, -0.2) is 18.6 Å². The smallest absolute Gasteiger partial charge is 0.417 e. The van der Waals surface area contributed by atoms with Gasteiger partial charge in [0, 0.05) is 18.8 Å². The predicted molar refractivity (Wildman–Crippen MR) is 124 cm³/mol. The standard InChI is InChI=1S/C22H13Cl3F5N3O4/c1-9(37-20-14(25)5-10(8-31-20)22(28,29)30)36-18-12(23)6-11(7-13(18)24)32-21(35)33-19(34)17-15(26)3-2-4-16(17)27/h2-9H,1H3,(H2,32,33,34,35). The Morgan fingerprint density at radius 2 is 1.57 bits per heavy atom. The summed E-state index contributed by atoms with van der Waals surface area (Å²) in [5.41, 5.74) is -2.05. The molecule has 3 aromatic rings. The van der Waals surface area contributed by atoms with Crippen LogP contribution in [0.5, 0.6) is 11.6 Å². The maximum absolute atomic E-state index is 13.7. The number of benzene rings is 2. The number of amides is 3. The van der Waals surface area contributed by atoms with Crippen molar-refractivity contribution in [2.75, 3.05) is 5.32 Å². The fraction of sp³-hybridized carbons (Fsp3) is 0.136. The average Bonchev–Trinajstić information content (AvgIpc) is 2.76. The average molecular weight is 585 g/mol. The predicted octanol–water partition coefficient (Wildman–Crippen LogP) is 7.10. The van der Waals surface area contributed by atoms with Crippen LogP contribution in [0, 0.1) is 11.6 Å². The maximum atomic E-state index is 13.7. The summed E-state index contributed by atoms with van der Waals surface area (Å²) in [4.78, 5) is 27.7. The lowest BCUT2D eigenvalue weighted by Gasteiger charge is -2.19. The van der Waals surface area contributed by atoms with Gasteiger partial charge >= 0.3 is 12.2 Å². The number of ether oxygens (including phenoxy) is 2. The number of halogens is 8. The van der Waals surface area contributed by atoms with Gasteiger partial charge in [0.2, 0.25) is 12.2 Å². The minimum Gasteiger partial charge on any atom is -0.452 e. The first-order chi connectivity index (χ1) is 17.3. The summed E-state index contributed by atoms with van der Waals surface area (Å²) in [6.07, 6.45) is -5.30. The summed E-state index contributed by atoms with van der Waals surface area (Å²) in [6, 6.07) is 4.58. The number of urea groups is 1. The number of imide groups is 1. The van der Waals surface area contributed by atoms with Crippen LogP contribution in [0.2, 0.25) is 15.1 Å². The van der Waals surface area contributed by atoms with Gasteiger partial charge in [0.15, 0.2) is 5.75 Å². The number of nitrogens with zero attached hydrogens (tertiary/aromatic N) is 1. The van der Waals surface area contributed by atoms with Crippen LogP contribution >= 0.6 is 34.8 Å². The van der Waals surface area contributed by atoms with E-state index in [-0.39, 0.29) is 27.4 Å². The molecule has 1 heterocycles. The summed E-state index contributed by atoms with van der Waals surface area (Å²) >= 11 is 18.1. The van der Waals surface area contributed by atoms with Gasteiger partial charge in [-0.1, -0.05) is 40.9 Å². The Labute approximate surface area is 220 Å². The molecule has 0 bridgehead atoms. The Kier molecular flexibility index (Phi) is 8.67. The lowest BCUT2D eigenvalue weighted by atomic mass is 10.2. The van der Waals surface area contributed by atoms with Crippen molar-refractivity contribution in [1.29, 1.82) is 0 Å². The van der Waals surface area contributed by atoms with Crippen molar-refractivity contribution >= 4 is 52.4 Å². The summed E-state index contributed by atoms with van der Waals surface area (Å²) in [5, 5.41) is 3.28. The zero-order chi connectivity index (χ0) is 27.5. The van der Waals surface area contributed by atoms with E-state index in [0.717, 1.165) is 18.2 Å². The normalized spacial score (nSPS) is 12.0. The Balaban J connectivity index is 1.66. The largest absolute Gasteiger partial charge is 0.452 e. The summed E-state index contributed by atoms with van der Waals surface area (Å²) in [7, 11) is 0. The fourth-order valence-electron chi connectivity index (χ4n) is 2.80. The van der Waals surface area contributed by atoms with Gasteiger partial charge in [0.1, 0.15) is 22.2 Å². The minimum absolute atomic E-state index is 0.0253. The van der Waals surface area contributed by atoms with E-state index in [4.69, 9.17) is 44.3 Å². The van der Waals surface area contributed by atoms with Gasteiger partial charge in [-0.3, -0.25) is 10.1 Å². The van der Waals surface area contributed by atoms with E-state index in [9.17, 15) is 31.5 Å². The molecule has 0 saturated heterocycles. The van der Waals surface area contributed by atoms with Crippen LogP contribution in [-0.4, -0.2) is 23.2 Å². The molecule has 37 heavy (non-hydrogen) atoms. The molecular weight excluding hydrogens is 572 g/mol. The van der Waals surface area contributed by atoms with Gasteiger partial charge in [0.05, 0.1) is 15.6 Å². The Morgan fingerprint density at radius 3 is 2.11 bits per heavy atom. The first kappa shape index (κ1) is 28.2. The molecule has 0 fully saturated rings. The number of hydrogen-bond acceptors (Lipinski definition) is 5. The molecule has 3 rings (SSSR count). The number of rotatable bonds is 6. The molecule has 15 heteroatoms. The SMILES string of the molecule is CC(Oc1ncc(C(F)(F)F)cc1Cl)Oc1c(Cl)cc(NC(=O)NC(=O)c2c(F)cccc2F)cc1Cl. The summed E-state index contributed by atoms with van der Waals surface area (Å²) in [5.74, 6) is -4.13. The maximum Gasteiger partial charge on any atom is 0.417 e. The number of alkyl halides is 3. The van der Waals surface area contributed by atoms with Gasteiger partial charge in [-0.2, -0.15) is 13.2 Å². The molecule has 1 atom stereocenters. The third-order valence-corrected chi connectivity index (χ3v) is 5.20. The second kappa shape index (κ2) is 11.4. The van der Waals surface area contributed by atoms with E-state index in [0.29, 0.717) is 12.3 Å². The summed E-state index contributed by atoms with van der Waals surface area (Å²) in [6.45, 7) is 1.36. The second-order valence-corrected chi connectivity index (χ2v) is 8.31. The number of aromatic nitrogens is 1. The number of pyridine rings is 1. The number of nitrogens with one attached hydrogen (secondary N) is 2. The zero-order valence-corrected chi connectivity index (χ0v) is 20.5. The first-order valence-corrected chi connectivity index (χ1v) is 11.0. The monoisotopic (exact) mass is 583 g/mol. The van der Waals surface area contributed by atoms with Gasteiger partial charge in [-0.15, -0.1) is 0 Å². The Morgan fingerprint density at radius 1 is 0.973 bits per heavy atom. The topological polar surface area (TPSA) is 89.6 Å². The van der Waals surface area contributed by atoms with Crippen LogP contribution in [-0.2, 0) is 6.18 Å². The summed E-state index contributed by atoms with van der Waals surface area (Å²) < 4.78 is 76.4. The van der Waals surface area contributed by atoms with E-state index in [1.807, 2.05) is 0 Å². The van der Waals surface area contributed by atoms with Crippen molar-refractivity contribution in [3.63, 3.8) is 0 Å². The van der Waals surface area contributed by atoms with Crippen molar-refractivity contribution in [3.8, 4) is 11.6 Å². The molecule has 196 valence electrons. The highest BCUT2D eigenvalue weighted by atomic mass is 35.5. The van der Waals surface area contributed by atoms with Crippen LogP contribution in [0.4, 0.5) is 32.4 Å². The fourth-order valence-corrected chi connectivity index (χ4v) is 3.59. The molecule has 1 unspecified atom stereocenters. The Bertz CT molecular complexity index is 1310. The van der Waals surface area contributed by atoms with E-state index >= 15 is 0 Å². The van der Waals surface area contributed by atoms with E-state index in [1.165, 1.54) is 19.1 Å². The highest BCUT2D eigenvalue weighted by molar-refractivity contribution is 6.37. The molecule has 7 nitrogen and oxygen atoms in total. The molecule has 2 N–H and O–H groups in total. The molecule has 0 saturated carbocycles. The van der Waals surface area contributed by atoms with Crippen LogP contribution < -0.4 is 20.1 Å². The highest BCUT2D eigenvalue weighted by Crippen LogP contribution is 2.38. The number of carbonyl (C=O) groups is 2. The zero-order valence-electron chi connectivity index (χ0n) is 18.2. The molecule has 0 radical (unpaired) electrons. The first-order valence-electron chi connectivity index (χ1n) is 9.87. The van der Waals surface area contributed by atoms with Crippen molar-refractivity contribution in [2.45, 2.75) is 19.4 Å². The molecule has 0 aliphatic heterocycles. The van der Waals surface area contributed by atoms with Gasteiger partial charge < -0.3 is 14.8 Å². The minimum atomic E-state index is -4.65. The van der Waals surface area contributed by atoms with Crippen LogP contribution in [0.1, 0.15) is 22.8 Å². The quantitative estimate of drug-likeness (QED) is 0.238. The number of hydrogen-bond donors (Lipinski definition) is 2. The molecule has 2 aromatic carbocycles. The Hall–Kier alpha value is -3.35. The van der Waals surface area contributed by atoms with E-state index < -0.39 is 52.2 Å². The third-order valence-electron chi connectivity index (χ3n) is 4.37. The lowest BCUT2D eigenvalue weighted by Crippen LogP contribution is -2.35. The van der Waals surface area contributed by atoms with Crippen molar-refractivity contribution in [1.82, 2.24) is 10.3 Å². The third kappa shape index (κ3) is 7.12. The van der Waals surface area contributed by atoms with Gasteiger partial charge in [0.25, 0.3) is 5.91 Å². The second-order valence-electron chi connectivity index (χ2n) is 7.09. The highest BCUT2D eigenvalue weighted by Gasteiger charge is 2.32. The molecule has 1 aromatic heterocycles. The van der Waals surface area contributed by atoms with Crippen LogP contribution in [0.15, 0.2) is 42.6 Å². The van der Waals surface area contributed by atoms with Crippen molar-refractivity contribution in [3.05, 3.63) is 80.4 Å². The molecule has 0 aliphatic rings. The molecular formula is C22H13Cl3F5N3O4. The van der Waals surface area contributed by atoms with Crippen LogP contribution in [0.25, 0.3) is 0 Å². The van der Waals surface area contributed by atoms with Crippen LogP contribution in [0.3, 0.4) is 0 Å². The van der Waals surface area contributed by atoms with E-state index in [2.05, 4.69) is 10.3 Å². The lowest BCUT2D eigenvalue weighted by molar-refractivity contribution is -0.137. The molecule has 3 amide bonds.